The molecule has 2 amide bonds. The fourth-order valence-corrected chi connectivity index (χ4v) is 6.33. The minimum atomic E-state index is -2.62. The summed E-state index contributed by atoms with van der Waals surface area (Å²) < 4.78 is 5.90. The molecule has 1 saturated heterocycles. The number of nitrogens with one attached hydrogen (secondary N) is 3. The molecular weight excluding hydrogens is 542 g/mol. The number of pyridine rings is 1. The lowest BCUT2D eigenvalue weighted by Crippen LogP contribution is -2.78. The standard InChI is InChI=1S/C28H35N9O5/c1-14-7-8-17(31-11-14)23(39)32-12-18-21-27(36-24(29)35-21)28(40,41)19(13-37(27)25(30)33-18)34-22(38)15-5-4-6-16-20(15)42-10-9-26(16,2)3/h4-8,11,18-19,21,40-41H,9-10,12-13H2,1-3H3,(H2,30,33)(H,32,39)(H,34,38)(H3,29,35,36)/t18-,19?,21-,27-/m0/s1. The number of nitrogens with two attached hydrogens (primary N) is 2. The normalized spacial score (nSPS) is 28.2. The zero-order chi connectivity index (χ0) is 30.0. The molecule has 42 heavy (non-hydrogen) atoms. The summed E-state index contributed by atoms with van der Waals surface area (Å²) in [6, 6.07) is 5.72. The average molecular weight is 578 g/mol. The molecule has 0 bridgehead atoms. The second-order valence-corrected chi connectivity index (χ2v) is 11.9. The van der Waals surface area contributed by atoms with Gasteiger partial charge in [-0.15, -0.1) is 0 Å². The van der Waals surface area contributed by atoms with E-state index in [2.05, 4.69) is 44.8 Å². The minimum absolute atomic E-state index is 0.0252. The van der Waals surface area contributed by atoms with Crippen molar-refractivity contribution in [3.8, 4) is 5.75 Å². The monoisotopic (exact) mass is 577 g/mol. The van der Waals surface area contributed by atoms with Gasteiger partial charge in [0.2, 0.25) is 5.79 Å². The SMILES string of the molecule is Cc1ccc(C(=O)NC[C@@H]2N=C(N)N3CC(NC(=O)c4cccc5c4OCCC5(C)C)C(O)(O)[C@@]34NC(N)=N[C@@H]24)nc1. The molecule has 222 valence electrons. The van der Waals surface area contributed by atoms with E-state index in [-0.39, 0.29) is 41.7 Å². The van der Waals surface area contributed by atoms with Gasteiger partial charge in [0.25, 0.3) is 11.8 Å². The van der Waals surface area contributed by atoms with E-state index in [1.165, 1.54) is 4.90 Å². The first kappa shape index (κ1) is 27.7. The Hall–Kier alpha value is -4.43. The molecule has 0 radical (unpaired) electrons. The van der Waals surface area contributed by atoms with Crippen LogP contribution in [0.1, 0.15) is 52.2 Å². The number of carbonyl (C=O) groups excluding carboxylic acids is 2. The van der Waals surface area contributed by atoms with Gasteiger partial charge in [-0.3, -0.25) is 14.6 Å². The van der Waals surface area contributed by atoms with Gasteiger partial charge in [0, 0.05) is 24.8 Å². The number of carbonyl (C=O) groups is 2. The second kappa shape index (κ2) is 9.56. The Kier molecular flexibility index (Phi) is 6.31. The number of guanidine groups is 2. The highest BCUT2D eigenvalue weighted by Crippen LogP contribution is 2.45. The van der Waals surface area contributed by atoms with Crippen molar-refractivity contribution in [2.45, 2.75) is 62.2 Å². The van der Waals surface area contributed by atoms with E-state index in [9.17, 15) is 19.8 Å². The third kappa shape index (κ3) is 4.12. The van der Waals surface area contributed by atoms with Crippen LogP contribution in [0.15, 0.2) is 46.5 Å². The molecule has 9 N–H and O–H groups in total. The molecule has 5 heterocycles. The van der Waals surface area contributed by atoms with Crippen LogP contribution in [0.3, 0.4) is 0 Å². The van der Waals surface area contributed by atoms with Crippen LogP contribution >= 0.6 is 0 Å². The van der Waals surface area contributed by atoms with E-state index in [4.69, 9.17) is 16.2 Å². The highest BCUT2D eigenvalue weighted by Gasteiger charge is 2.73. The summed E-state index contributed by atoms with van der Waals surface area (Å²) in [5.74, 6) is -3.19. The number of hydrogen-bond acceptors (Lipinski definition) is 12. The summed E-state index contributed by atoms with van der Waals surface area (Å²) in [7, 11) is 0. The van der Waals surface area contributed by atoms with Crippen LogP contribution in [0.4, 0.5) is 0 Å². The predicted octanol–water partition coefficient (Wildman–Crippen LogP) is -1.35. The average Bonchev–Trinajstić information content (AvgIpc) is 3.41. The van der Waals surface area contributed by atoms with Crippen molar-refractivity contribution in [3.05, 3.63) is 58.9 Å². The van der Waals surface area contributed by atoms with Crippen LogP contribution in [-0.4, -0.2) is 93.1 Å². The Morgan fingerprint density at radius 2 is 1.95 bits per heavy atom. The molecular formula is C28H35N9O5. The molecule has 1 unspecified atom stereocenters. The van der Waals surface area contributed by atoms with Crippen molar-refractivity contribution >= 4 is 23.7 Å². The van der Waals surface area contributed by atoms with Crippen molar-refractivity contribution in [2.24, 2.45) is 21.5 Å². The zero-order valence-corrected chi connectivity index (χ0v) is 23.6. The molecule has 4 atom stereocenters. The molecule has 4 aliphatic heterocycles. The van der Waals surface area contributed by atoms with Gasteiger partial charge in [0.1, 0.15) is 23.5 Å². The summed E-state index contributed by atoms with van der Waals surface area (Å²) in [6.07, 6.45) is 2.39. The molecule has 0 aliphatic carbocycles. The number of nitrogens with zero attached hydrogens (tertiary/aromatic N) is 4. The van der Waals surface area contributed by atoms with Crippen molar-refractivity contribution in [1.82, 2.24) is 25.8 Å². The van der Waals surface area contributed by atoms with Gasteiger partial charge in [0.05, 0.1) is 18.2 Å². The van der Waals surface area contributed by atoms with Crippen molar-refractivity contribution in [2.75, 3.05) is 19.7 Å². The van der Waals surface area contributed by atoms with Gasteiger partial charge < -0.3 is 47.3 Å². The predicted molar refractivity (Wildman–Crippen MR) is 153 cm³/mol. The minimum Gasteiger partial charge on any atom is -0.492 e. The molecule has 14 heteroatoms. The third-order valence-corrected chi connectivity index (χ3v) is 8.69. The maximum Gasteiger partial charge on any atom is 0.269 e. The molecule has 4 aliphatic rings. The lowest BCUT2D eigenvalue weighted by atomic mass is 9.79. The Labute approximate surface area is 242 Å². The number of para-hydroxylation sites is 1. The number of ether oxygens (including phenoxy) is 1. The third-order valence-electron chi connectivity index (χ3n) is 8.69. The van der Waals surface area contributed by atoms with Crippen LogP contribution in [0.5, 0.6) is 5.75 Å². The van der Waals surface area contributed by atoms with Crippen LogP contribution in [0.2, 0.25) is 0 Å². The number of aryl methyl sites for hydroxylation is 1. The fourth-order valence-electron chi connectivity index (χ4n) is 6.33. The van der Waals surface area contributed by atoms with E-state index in [0.717, 1.165) is 17.5 Å². The first-order valence-electron chi connectivity index (χ1n) is 13.8. The quantitative estimate of drug-likeness (QED) is 0.208. The summed E-state index contributed by atoms with van der Waals surface area (Å²) >= 11 is 0. The summed E-state index contributed by atoms with van der Waals surface area (Å²) in [5, 5.41) is 31.9. The second-order valence-electron chi connectivity index (χ2n) is 11.9. The maximum absolute atomic E-state index is 13.6. The van der Waals surface area contributed by atoms with E-state index < -0.39 is 41.4 Å². The van der Waals surface area contributed by atoms with Crippen LogP contribution in [-0.2, 0) is 5.41 Å². The van der Waals surface area contributed by atoms with Gasteiger partial charge in [-0.05, 0) is 36.5 Å². The number of fused-ring (bicyclic) bond motifs is 1. The number of amides is 2. The van der Waals surface area contributed by atoms with Gasteiger partial charge in [0.15, 0.2) is 17.6 Å². The van der Waals surface area contributed by atoms with Gasteiger partial charge in [-0.2, -0.15) is 0 Å². The molecule has 1 aromatic heterocycles. The highest BCUT2D eigenvalue weighted by atomic mass is 16.5. The number of benzene rings is 1. The largest absolute Gasteiger partial charge is 0.492 e. The smallest absolute Gasteiger partial charge is 0.269 e. The molecule has 2 aromatic rings. The van der Waals surface area contributed by atoms with Gasteiger partial charge >= 0.3 is 0 Å². The molecule has 1 aromatic carbocycles. The van der Waals surface area contributed by atoms with Crippen molar-refractivity contribution in [3.63, 3.8) is 0 Å². The first-order valence-corrected chi connectivity index (χ1v) is 13.8. The Bertz CT molecular complexity index is 1510. The number of rotatable bonds is 5. The molecule has 1 spiro atoms. The van der Waals surface area contributed by atoms with E-state index in [1.54, 1.807) is 30.5 Å². The van der Waals surface area contributed by atoms with E-state index in [1.807, 2.05) is 13.0 Å². The maximum atomic E-state index is 13.6. The van der Waals surface area contributed by atoms with E-state index >= 15 is 0 Å². The summed E-state index contributed by atoms with van der Waals surface area (Å²) in [6.45, 7) is 6.36. The van der Waals surface area contributed by atoms with Crippen LogP contribution in [0.25, 0.3) is 0 Å². The zero-order valence-electron chi connectivity index (χ0n) is 23.6. The summed E-state index contributed by atoms with van der Waals surface area (Å²) in [4.78, 5) is 40.9. The van der Waals surface area contributed by atoms with Gasteiger partial charge in [-0.25, -0.2) is 9.98 Å². The lowest BCUT2D eigenvalue weighted by molar-refractivity contribution is -0.230. The molecule has 1 fully saturated rings. The topological polar surface area (TPSA) is 213 Å². The Morgan fingerprint density at radius 3 is 2.69 bits per heavy atom. The number of hydrogen-bond donors (Lipinski definition) is 7. The van der Waals surface area contributed by atoms with Crippen LogP contribution in [0, 0.1) is 6.92 Å². The highest BCUT2D eigenvalue weighted by molar-refractivity contribution is 5.98. The molecule has 14 nitrogen and oxygen atoms in total. The lowest BCUT2D eigenvalue weighted by Gasteiger charge is -2.49. The Morgan fingerprint density at radius 1 is 1.17 bits per heavy atom. The first-order chi connectivity index (χ1) is 19.8. The molecule has 0 saturated carbocycles. The number of aliphatic imine (C=N–C) groups is 2. The van der Waals surface area contributed by atoms with Crippen molar-refractivity contribution in [1.29, 1.82) is 0 Å². The Balaban J connectivity index is 1.26. The fraction of sp³-hybridized carbons (Fsp3) is 0.464. The van der Waals surface area contributed by atoms with Crippen LogP contribution < -0.4 is 32.2 Å². The molecule has 6 rings (SSSR count). The van der Waals surface area contributed by atoms with Crippen molar-refractivity contribution < 1.29 is 24.5 Å². The van der Waals surface area contributed by atoms with E-state index in [0.29, 0.717) is 12.4 Å². The number of aliphatic hydroxyl groups is 2. The van der Waals surface area contributed by atoms with Gasteiger partial charge in [-0.1, -0.05) is 32.0 Å². The summed E-state index contributed by atoms with van der Waals surface area (Å²) in [5.41, 5.74) is 12.8. The number of aromatic nitrogens is 1.